The fourth-order valence-electron chi connectivity index (χ4n) is 8.96. The summed E-state index contributed by atoms with van der Waals surface area (Å²) in [6.45, 7) is 27.0. The highest BCUT2D eigenvalue weighted by molar-refractivity contribution is 14.1. The zero-order valence-electron chi connectivity index (χ0n) is 42.7. The predicted molar refractivity (Wildman–Crippen MR) is 310 cm³/mol. The summed E-state index contributed by atoms with van der Waals surface area (Å²) < 4.78 is 5.96. The van der Waals surface area contributed by atoms with E-state index in [2.05, 4.69) is 302 Å². The quantitative estimate of drug-likeness (QED) is 0.136. The first-order chi connectivity index (χ1) is 32.6. The first kappa shape index (κ1) is 49.1. The Hall–Kier alpha value is -6.31. The van der Waals surface area contributed by atoms with Crippen LogP contribution in [0.15, 0.2) is 182 Å². The maximum absolute atomic E-state index is 5.95. The molecule has 2 heterocycles. The van der Waals surface area contributed by atoms with E-state index in [1.807, 2.05) is 0 Å². The third-order valence-corrected chi connectivity index (χ3v) is 13.6. The van der Waals surface area contributed by atoms with Gasteiger partial charge < -0.3 is 20.2 Å². The van der Waals surface area contributed by atoms with Crippen molar-refractivity contribution >= 4 is 83.3 Å². The van der Waals surface area contributed by atoms with Gasteiger partial charge in [0.05, 0.1) is 22.1 Å². The Morgan fingerprint density at radius 1 is 0.348 bits per heavy atom. The van der Waals surface area contributed by atoms with Gasteiger partial charge in [-0.2, -0.15) is 0 Å². The van der Waals surface area contributed by atoms with Crippen LogP contribution in [0.4, 0.5) is 17.1 Å². The van der Waals surface area contributed by atoms with E-state index in [0.717, 1.165) is 17.1 Å². The lowest BCUT2D eigenvalue weighted by molar-refractivity contribution is 0.568. The average molecular weight is 1020 g/mol. The molecule has 5 heteroatoms. The number of anilines is 3. The highest BCUT2D eigenvalue weighted by Gasteiger charge is 2.22. The first-order valence-electron chi connectivity index (χ1n) is 24.2. The number of hydrogen-bond acceptors (Lipinski definition) is 2. The lowest BCUT2D eigenvalue weighted by Gasteiger charge is -2.26. The van der Waals surface area contributed by atoms with E-state index in [-0.39, 0.29) is 21.7 Å². The molecule has 8 aromatic carbocycles. The monoisotopic (exact) mass is 1020 g/mol. The number of hydrogen-bond donors (Lipinski definition) is 2. The van der Waals surface area contributed by atoms with Gasteiger partial charge >= 0.3 is 0 Å². The number of nitrogen functional groups attached to an aromatic ring is 1. The lowest BCUT2D eigenvalue weighted by Crippen LogP contribution is -2.16. The summed E-state index contributed by atoms with van der Waals surface area (Å²) in [6, 6.07) is 65.2. The third kappa shape index (κ3) is 10.9. The smallest absolute Gasteiger partial charge is 0.0542 e. The summed E-state index contributed by atoms with van der Waals surface area (Å²) >= 11 is 2.38. The fourth-order valence-corrected chi connectivity index (χ4v) is 9.45. The van der Waals surface area contributed by atoms with Crippen LogP contribution in [0.1, 0.15) is 105 Å². The molecule has 0 amide bonds. The molecule has 4 nitrogen and oxygen atoms in total. The Morgan fingerprint density at radius 2 is 0.710 bits per heavy atom. The average Bonchev–Trinajstić information content (AvgIpc) is 3.81. The van der Waals surface area contributed by atoms with Crippen molar-refractivity contribution in [3.63, 3.8) is 0 Å². The first-order valence-corrected chi connectivity index (χ1v) is 25.3. The highest BCUT2D eigenvalue weighted by atomic mass is 127. The molecule has 0 fully saturated rings. The van der Waals surface area contributed by atoms with E-state index in [9.17, 15) is 0 Å². The van der Waals surface area contributed by atoms with E-state index in [1.54, 1.807) is 0 Å². The number of rotatable bonds is 4. The highest BCUT2D eigenvalue weighted by Crippen LogP contribution is 2.38. The molecule has 0 atom stereocenters. The number of nitrogens with zero attached hydrogens (tertiary/aromatic N) is 2. The van der Waals surface area contributed by atoms with Crippen LogP contribution in [0.25, 0.3) is 55.0 Å². The molecule has 10 aromatic rings. The summed E-state index contributed by atoms with van der Waals surface area (Å²) in [7, 11) is 0. The summed E-state index contributed by atoms with van der Waals surface area (Å²) in [6.07, 6.45) is 0. The van der Waals surface area contributed by atoms with E-state index < -0.39 is 0 Å². The Balaban J connectivity index is 0.000000155. The minimum Gasteiger partial charge on any atom is -0.399 e. The molecule has 69 heavy (non-hydrogen) atoms. The zero-order chi connectivity index (χ0) is 49.5. The van der Waals surface area contributed by atoms with Gasteiger partial charge in [0.15, 0.2) is 0 Å². The van der Waals surface area contributed by atoms with Crippen molar-refractivity contribution in [2.45, 2.75) is 105 Å². The molecular formula is C64H69IN4. The van der Waals surface area contributed by atoms with Crippen molar-refractivity contribution in [1.29, 1.82) is 0 Å². The summed E-state index contributed by atoms with van der Waals surface area (Å²) in [4.78, 5) is 0. The van der Waals surface area contributed by atoms with Crippen LogP contribution in [0.3, 0.4) is 0 Å². The van der Waals surface area contributed by atoms with Gasteiger partial charge in [-0.3, -0.25) is 0 Å². The van der Waals surface area contributed by atoms with Gasteiger partial charge in [-0.05, 0) is 164 Å². The second-order valence-corrected chi connectivity index (χ2v) is 23.8. The van der Waals surface area contributed by atoms with Gasteiger partial charge in [0.1, 0.15) is 0 Å². The number of nitrogens with one attached hydrogen (secondary N) is 1. The lowest BCUT2D eigenvalue weighted by atomic mass is 9.80. The van der Waals surface area contributed by atoms with Crippen LogP contribution in [-0.2, 0) is 21.7 Å². The molecule has 0 aliphatic heterocycles. The SMILES string of the molecule is CC(C)(C)c1cc(N)cc(C(C)(C)C)c1.CC(C)(C)c1cc(Nc2ccc3c(c2)c2ccccc2n3-c2ccccc2)cc(C(C)(C)C)c1.Ic1ccc2c(c1)c1ccccc1n2-c1ccccc1. The van der Waals surface area contributed by atoms with Crippen LogP contribution in [0.2, 0.25) is 0 Å². The number of fused-ring (bicyclic) bond motifs is 6. The van der Waals surface area contributed by atoms with Gasteiger partial charge in [0.25, 0.3) is 0 Å². The number of halogens is 1. The van der Waals surface area contributed by atoms with Crippen molar-refractivity contribution in [3.8, 4) is 11.4 Å². The Labute approximate surface area is 424 Å². The molecule has 0 saturated carbocycles. The number of aromatic nitrogens is 2. The largest absolute Gasteiger partial charge is 0.399 e. The van der Waals surface area contributed by atoms with E-state index in [4.69, 9.17) is 5.73 Å². The van der Waals surface area contributed by atoms with Gasteiger partial charge in [0, 0.05) is 53.6 Å². The molecule has 352 valence electrons. The minimum absolute atomic E-state index is 0.0880. The molecule has 2 aromatic heterocycles. The van der Waals surface area contributed by atoms with Crippen molar-refractivity contribution in [3.05, 3.63) is 208 Å². The van der Waals surface area contributed by atoms with E-state index in [1.165, 1.54) is 80.8 Å². The van der Waals surface area contributed by atoms with Gasteiger partial charge in [0.2, 0.25) is 0 Å². The third-order valence-electron chi connectivity index (χ3n) is 13.0. The molecule has 0 aliphatic rings. The number of benzene rings is 8. The number of nitrogens with two attached hydrogens (primary N) is 1. The Bertz CT molecular complexity index is 3340. The Morgan fingerprint density at radius 3 is 1.14 bits per heavy atom. The van der Waals surface area contributed by atoms with Crippen molar-refractivity contribution in [2.75, 3.05) is 11.1 Å². The second kappa shape index (κ2) is 19.2. The van der Waals surface area contributed by atoms with Gasteiger partial charge in [-0.1, -0.05) is 168 Å². The Kier molecular flexibility index (Phi) is 13.7. The molecule has 0 spiro atoms. The maximum atomic E-state index is 5.95. The van der Waals surface area contributed by atoms with Gasteiger partial charge in [-0.25, -0.2) is 0 Å². The normalized spacial score (nSPS) is 12.2. The second-order valence-electron chi connectivity index (χ2n) is 22.5. The van der Waals surface area contributed by atoms with Crippen molar-refractivity contribution < 1.29 is 0 Å². The van der Waals surface area contributed by atoms with Gasteiger partial charge in [-0.15, -0.1) is 0 Å². The molecular weight excluding hydrogens is 952 g/mol. The van der Waals surface area contributed by atoms with E-state index >= 15 is 0 Å². The summed E-state index contributed by atoms with van der Waals surface area (Å²) in [5.41, 5.74) is 22.3. The molecule has 0 radical (unpaired) electrons. The molecule has 10 rings (SSSR count). The van der Waals surface area contributed by atoms with Crippen molar-refractivity contribution in [2.24, 2.45) is 0 Å². The van der Waals surface area contributed by atoms with Crippen molar-refractivity contribution in [1.82, 2.24) is 9.13 Å². The van der Waals surface area contributed by atoms with Crippen LogP contribution >= 0.6 is 22.6 Å². The standard InChI is InChI=1S/C32H34N2.C18H12IN.C14H23N/c1-31(2,3)22-18-23(32(4,5)6)20-25(19-22)33-24-16-17-30-28(21-24)27-14-10-11-15-29(27)34(30)26-12-8-7-9-13-26;19-13-10-11-18-16(12-13)15-8-4-5-9-17(15)20(18)14-6-2-1-3-7-14;1-13(2,3)10-7-11(14(4,5)6)9-12(15)8-10/h7-21,33H,1-6H3;1-12H;7-9H,15H2,1-6H3. The molecule has 0 unspecified atom stereocenters. The van der Waals surface area contributed by atoms with Crippen LogP contribution < -0.4 is 11.1 Å². The van der Waals surface area contributed by atoms with Crippen LogP contribution in [-0.4, -0.2) is 9.13 Å². The molecule has 0 bridgehead atoms. The number of para-hydroxylation sites is 4. The van der Waals surface area contributed by atoms with E-state index in [0.29, 0.717) is 0 Å². The fraction of sp³-hybridized carbons (Fsp3) is 0.250. The molecule has 0 saturated heterocycles. The minimum atomic E-state index is 0.0880. The zero-order valence-corrected chi connectivity index (χ0v) is 44.8. The van der Waals surface area contributed by atoms with Crippen LogP contribution in [0.5, 0.6) is 0 Å². The summed E-state index contributed by atoms with van der Waals surface area (Å²) in [5.74, 6) is 0. The van der Waals surface area contributed by atoms with Crippen LogP contribution in [0, 0.1) is 3.57 Å². The topological polar surface area (TPSA) is 47.9 Å². The summed E-state index contributed by atoms with van der Waals surface area (Å²) in [5, 5.41) is 8.88. The molecule has 3 N–H and O–H groups in total. The molecule has 0 aliphatic carbocycles. The predicted octanol–water partition coefficient (Wildman–Crippen LogP) is 18.4. The maximum Gasteiger partial charge on any atom is 0.0542 e.